The van der Waals surface area contributed by atoms with Gasteiger partial charge in [-0.1, -0.05) is 0 Å². The molecule has 1 fully saturated rings. The predicted molar refractivity (Wildman–Crippen MR) is 100 cm³/mol. The number of benzene rings is 1. The number of aromatic nitrogens is 2. The lowest BCUT2D eigenvalue weighted by molar-refractivity contribution is 0.0220. The van der Waals surface area contributed by atoms with Crippen molar-refractivity contribution >= 4 is 21.8 Å². The van der Waals surface area contributed by atoms with Gasteiger partial charge in [0.05, 0.1) is 29.4 Å². The lowest BCUT2D eigenvalue weighted by atomic mass is 10.1. The van der Waals surface area contributed by atoms with E-state index in [-0.39, 0.29) is 5.75 Å². The summed E-state index contributed by atoms with van der Waals surface area (Å²) in [7, 11) is 0. The highest BCUT2D eigenvalue weighted by Gasteiger charge is 2.16. The molecule has 0 saturated carbocycles. The Morgan fingerprint density at radius 1 is 1.31 bits per heavy atom. The molecule has 0 amide bonds. The maximum absolute atomic E-state index is 13.8. The average molecular weight is 357 g/mol. The number of ether oxygens (including phenoxy) is 1. The molecule has 1 aliphatic rings. The van der Waals surface area contributed by atoms with Crippen molar-refractivity contribution in [3.05, 3.63) is 35.9 Å². The molecule has 2 aromatic heterocycles. The summed E-state index contributed by atoms with van der Waals surface area (Å²) in [5.41, 5.74) is 2.55. The van der Waals surface area contributed by atoms with Crippen molar-refractivity contribution in [2.75, 3.05) is 19.7 Å². The summed E-state index contributed by atoms with van der Waals surface area (Å²) >= 11 is 0. The molecule has 3 aromatic rings. The van der Waals surface area contributed by atoms with Crippen LogP contribution in [-0.2, 0) is 11.3 Å². The number of nitrogens with one attached hydrogen (secondary N) is 1. The van der Waals surface area contributed by atoms with Crippen molar-refractivity contribution in [2.24, 2.45) is 0 Å². The molecular formula is C20H24FN3O2. The van der Waals surface area contributed by atoms with Crippen LogP contribution in [-0.4, -0.2) is 40.5 Å². The number of hydrogen-bond acceptors (Lipinski definition) is 4. The number of aryl methyl sites for hydroxylation is 2. The Labute approximate surface area is 151 Å². The number of aromatic hydroxyl groups is 1. The number of unbranched alkanes of at least 4 members (excludes halogenated alkanes) is 1. The average Bonchev–Trinajstić information content (AvgIpc) is 2.93. The molecule has 2 N–H and O–H groups in total. The van der Waals surface area contributed by atoms with Gasteiger partial charge in [0.1, 0.15) is 5.75 Å². The number of phenols is 1. The summed E-state index contributed by atoms with van der Waals surface area (Å²) < 4.78 is 21.7. The number of morpholine rings is 1. The monoisotopic (exact) mass is 357 g/mol. The van der Waals surface area contributed by atoms with Crippen molar-refractivity contribution in [2.45, 2.75) is 38.8 Å². The zero-order chi connectivity index (χ0) is 18.1. The molecular weight excluding hydrogens is 333 g/mol. The Morgan fingerprint density at radius 2 is 2.19 bits per heavy atom. The maximum atomic E-state index is 13.8. The molecule has 0 radical (unpaired) electrons. The highest BCUT2D eigenvalue weighted by atomic mass is 19.1. The third-order valence-electron chi connectivity index (χ3n) is 5.13. The zero-order valence-corrected chi connectivity index (χ0v) is 15.0. The fourth-order valence-electron chi connectivity index (χ4n) is 3.94. The SMILES string of the molecule is Cc1nc(F)cc2c3ccc(O)cc3n(CCCCC3CNCCO3)c12. The lowest BCUT2D eigenvalue weighted by Crippen LogP contribution is -2.38. The van der Waals surface area contributed by atoms with Gasteiger partial charge in [0.2, 0.25) is 5.95 Å². The predicted octanol–water partition coefficient (Wildman–Crippen LogP) is 3.50. The van der Waals surface area contributed by atoms with E-state index in [2.05, 4.69) is 14.9 Å². The number of rotatable bonds is 5. The van der Waals surface area contributed by atoms with Crippen LogP contribution in [0.2, 0.25) is 0 Å². The van der Waals surface area contributed by atoms with Crippen LogP contribution in [0.4, 0.5) is 4.39 Å². The van der Waals surface area contributed by atoms with E-state index in [0.29, 0.717) is 11.8 Å². The summed E-state index contributed by atoms with van der Waals surface area (Å²) in [5.74, 6) is -0.251. The lowest BCUT2D eigenvalue weighted by Gasteiger charge is -2.23. The minimum absolute atomic E-state index is 0.217. The Morgan fingerprint density at radius 3 is 3.00 bits per heavy atom. The number of halogens is 1. The Hall–Kier alpha value is -2.18. The summed E-state index contributed by atoms with van der Waals surface area (Å²) in [5, 5.41) is 15.1. The largest absolute Gasteiger partial charge is 0.508 e. The number of phenolic OH excluding ortho intramolecular Hbond substituents is 1. The van der Waals surface area contributed by atoms with Crippen molar-refractivity contribution in [3.63, 3.8) is 0 Å². The first-order chi connectivity index (χ1) is 12.6. The van der Waals surface area contributed by atoms with Crippen LogP contribution in [0.25, 0.3) is 21.8 Å². The second-order valence-corrected chi connectivity index (χ2v) is 6.97. The van der Waals surface area contributed by atoms with E-state index in [9.17, 15) is 9.50 Å². The van der Waals surface area contributed by atoms with Crippen LogP contribution in [0, 0.1) is 12.9 Å². The molecule has 1 saturated heterocycles. The van der Waals surface area contributed by atoms with Gasteiger partial charge in [0.15, 0.2) is 0 Å². The molecule has 0 bridgehead atoms. The summed E-state index contributed by atoms with van der Waals surface area (Å²) in [6.07, 6.45) is 3.37. The number of pyridine rings is 1. The van der Waals surface area contributed by atoms with E-state index in [4.69, 9.17) is 4.74 Å². The van der Waals surface area contributed by atoms with Crippen LogP contribution in [0.1, 0.15) is 25.0 Å². The van der Waals surface area contributed by atoms with Gasteiger partial charge in [-0.2, -0.15) is 4.39 Å². The second kappa shape index (κ2) is 7.21. The van der Waals surface area contributed by atoms with Gasteiger partial charge in [0, 0.05) is 42.5 Å². The quantitative estimate of drug-likeness (QED) is 0.542. The molecule has 4 rings (SSSR count). The highest BCUT2D eigenvalue weighted by molar-refractivity contribution is 6.09. The molecule has 26 heavy (non-hydrogen) atoms. The fraction of sp³-hybridized carbons (Fsp3) is 0.450. The van der Waals surface area contributed by atoms with E-state index in [1.54, 1.807) is 12.1 Å². The number of hydrogen-bond donors (Lipinski definition) is 2. The van der Waals surface area contributed by atoms with Gasteiger partial charge in [-0.25, -0.2) is 4.98 Å². The summed E-state index contributed by atoms with van der Waals surface area (Å²) in [6, 6.07) is 6.73. The normalized spacial score (nSPS) is 18.0. The first-order valence-corrected chi connectivity index (χ1v) is 9.24. The first kappa shape index (κ1) is 17.2. The smallest absolute Gasteiger partial charge is 0.213 e. The van der Waals surface area contributed by atoms with Gasteiger partial charge in [-0.15, -0.1) is 0 Å². The molecule has 3 heterocycles. The van der Waals surface area contributed by atoms with Crippen LogP contribution in [0.3, 0.4) is 0 Å². The molecule has 6 heteroatoms. The number of nitrogens with zero attached hydrogens (tertiary/aromatic N) is 2. The van der Waals surface area contributed by atoms with Gasteiger partial charge < -0.3 is 19.7 Å². The van der Waals surface area contributed by atoms with Crippen molar-refractivity contribution < 1.29 is 14.2 Å². The molecule has 138 valence electrons. The molecule has 1 atom stereocenters. The molecule has 5 nitrogen and oxygen atoms in total. The first-order valence-electron chi connectivity index (χ1n) is 9.24. The Kier molecular flexibility index (Phi) is 4.78. The van der Waals surface area contributed by atoms with Gasteiger partial charge in [0.25, 0.3) is 0 Å². The third-order valence-corrected chi connectivity index (χ3v) is 5.13. The van der Waals surface area contributed by atoms with E-state index < -0.39 is 5.95 Å². The molecule has 0 aliphatic carbocycles. The van der Waals surface area contributed by atoms with Crippen LogP contribution < -0.4 is 5.32 Å². The van der Waals surface area contributed by atoms with E-state index in [1.807, 2.05) is 13.0 Å². The summed E-state index contributed by atoms with van der Waals surface area (Å²) in [4.78, 5) is 4.00. The topological polar surface area (TPSA) is 59.3 Å². The van der Waals surface area contributed by atoms with Crippen molar-refractivity contribution in [1.82, 2.24) is 14.9 Å². The Bertz CT molecular complexity index is 932. The van der Waals surface area contributed by atoms with Crippen molar-refractivity contribution in [3.8, 4) is 5.75 Å². The maximum Gasteiger partial charge on any atom is 0.213 e. The molecule has 1 unspecified atom stereocenters. The molecule has 0 spiro atoms. The van der Waals surface area contributed by atoms with Gasteiger partial charge in [-0.3, -0.25) is 0 Å². The highest BCUT2D eigenvalue weighted by Crippen LogP contribution is 2.33. The minimum Gasteiger partial charge on any atom is -0.508 e. The third kappa shape index (κ3) is 3.27. The van der Waals surface area contributed by atoms with E-state index >= 15 is 0 Å². The second-order valence-electron chi connectivity index (χ2n) is 6.97. The van der Waals surface area contributed by atoms with E-state index in [0.717, 1.165) is 67.3 Å². The fourth-order valence-corrected chi connectivity index (χ4v) is 3.94. The Balaban J connectivity index is 1.61. The molecule has 1 aliphatic heterocycles. The van der Waals surface area contributed by atoms with Crippen LogP contribution in [0.5, 0.6) is 5.75 Å². The van der Waals surface area contributed by atoms with Crippen molar-refractivity contribution in [1.29, 1.82) is 0 Å². The minimum atomic E-state index is -0.468. The number of fused-ring (bicyclic) bond motifs is 3. The van der Waals surface area contributed by atoms with Crippen LogP contribution in [0.15, 0.2) is 24.3 Å². The standard InChI is InChI=1S/C20H24FN3O2/c1-13-20-17(11-19(21)23-13)16-6-5-14(25)10-18(16)24(20)8-3-2-4-15-12-22-7-9-26-15/h5-6,10-11,15,22,25H,2-4,7-9,12H2,1H3. The zero-order valence-electron chi connectivity index (χ0n) is 15.0. The summed E-state index contributed by atoms with van der Waals surface area (Å²) in [6.45, 7) is 5.28. The van der Waals surface area contributed by atoms with E-state index in [1.165, 1.54) is 6.07 Å². The van der Waals surface area contributed by atoms with Crippen LogP contribution >= 0.6 is 0 Å². The molecule has 1 aromatic carbocycles. The van der Waals surface area contributed by atoms with Gasteiger partial charge >= 0.3 is 0 Å². The van der Waals surface area contributed by atoms with Gasteiger partial charge in [-0.05, 0) is 38.3 Å².